The maximum Gasteiger partial charge on any atom is 0.265 e. The predicted octanol–water partition coefficient (Wildman–Crippen LogP) is 3.80. The first kappa shape index (κ1) is 28.5. The lowest BCUT2D eigenvalue weighted by atomic mass is 10.1. The summed E-state index contributed by atoms with van der Waals surface area (Å²) < 4.78 is 55.4. The fourth-order valence-corrected chi connectivity index (χ4v) is 5.23. The van der Waals surface area contributed by atoms with Crippen molar-refractivity contribution < 1.29 is 36.9 Å². The van der Waals surface area contributed by atoms with Crippen LogP contribution < -0.4 is 33.3 Å². The van der Waals surface area contributed by atoms with E-state index in [9.17, 15) is 13.2 Å². The van der Waals surface area contributed by atoms with Crippen molar-refractivity contribution in [3.05, 3.63) is 66.2 Å². The predicted molar refractivity (Wildman–Crippen MR) is 143 cm³/mol. The van der Waals surface area contributed by atoms with Crippen molar-refractivity contribution in [1.29, 1.82) is 0 Å². The molecule has 0 saturated heterocycles. The molecule has 0 heterocycles. The van der Waals surface area contributed by atoms with Crippen LogP contribution in [-0.4, -0.2) is 56.4 Å². The monoisotopic (exact) mass is 544 g/mol. The van der Waals surface area contributed by atoms with Gasteiger partial charge in [0.1, 0.15) is 23.8 Å². The quantitative estimate of drug-likeness (QED) is 0.366. The second-order valence-electron chi connectivity index (χ2n) is 8.13. The van der Waals surface area contributed by atoms with E-state index in [4.69, 9.17) is 23.7 Å². The SMILES string of the molecule is COc1ccc([C@@H](C)NC(=O)CN(c2cc(OC)ccc2OC)S(=O)(=O)c2ccc(OC)c(OC)c2)cc1. The summed E-state index contributed by atoms with van der Waals surface area (Å²) in [5.41, 5.74) is 0.960. The number of nitrogens with one attached hydrogen (secondary N) is 1. The number of rotatable bonds is 12. The molecule has 0 aromatic heterocycles. The van der Waals surface area contributed by atoms with Crippen LogP contribution in [0.15, 0.2) is 65.6 Å². The molecular weight excluding hydrogens is 512 g/mol. The molecule has 3 aromatic carbocycles. The lowest BCUT2D eigenvalue weighted by molar-refractivity contribution is -0.120. The molecule has 38 heavy (non-hydrogen) atoms. The van der Waals surface area contributed by atoms with Crippen molar-refractivity contribution >= 4 is 21.6 Å². The molecule has 1 N–H and O–H groups in total. The minimum absolute atomic E-state index is 0.101. The zero-order valence-electron chi connectivity index (χ0n) is 22.2. The Bertz CT molecular complexity index is 1360. The smallest absolute Gasteiger partial charge is 0.265 e. The van der Waals surface area contributed by atoms with E-state index < -0.39 is 28.5 Å². The first-order valence-electron chi connectivity index (χ1n) is 11.6. The van der Waals surface area contributed by atoms with Crippen LogP contribution in [0.4, 0.5) is 5.69 Å². The van der Waals surface area contributed by atoms with Crippen LogP contribution in [0.3, 0.4) is 0 Å². The highest BCUT2D eigenvalue weighted by Gasteiger charge is 2.31. The van der Waals surface area contributed by atoms with Gasteiger partial charge in [0.15, 0.2) is 11.5 Å². The Balaban J connectivity index is 2.02. The average molecular weight is 545 g/mol. The Labute approximate surface area is 223 Å². The minimum Gasteiger partial charge on any atom is -0.497 e. The average Bonchev–Trinajstić information content (AvgIpc) is 2.94. The Morgan fingerprint density at radius 1 is 0.763 bits per heavy atom. The van der Waals surface area contributed by atoms with Crippen LogP contribution in [0.25, 0.3) is 0 Å². The molecule has 3 aromatic rings. The number of amides is 1. The fraction of sp³-hybridized carbons (Fsp3) is 0.296. The van der Waals surface area contributed by atoms with Crippen molar-refractivity contribution in [2.24, 2.45) is 0 Å². The van der Waals surface area contributed by atoms with Gasteiger partial charge in [-0.25, -0.2) is 8.42 Å². The van der Waals surface area contributed by atoms with Gasteiger partial charge in [0.25, 0.3) is 10.0 Å². The van der Waals surface area contributed by atoms with E-state index >= 15 is 0 Å². The summed E-state index contributed by atoms with van der Waals surface area (Å²) in [5, 5.41) is 2.86. The van der Waals surface area contributed by atoms with E-state index in [-0.39, 0.29) is 22.1 Å². The highest BCUT2D eigenvalue weighted by molar-refractivity contribution is 7.92. The largest absolute Gasteiger partial charge is 0.497 e. The zero-order chi connectivity index (χ0) is 27.9. The summed E-state index contributed by atoms with van der Waals surface area (Å²) in [6.07, 6.45) is 0. The van der Waals surface area contributed by atoms with E-state index in [0.717, 1.165) is 9.87 Å². The highest BCUT2D eigenvalue weighted by atomic mass is 32.2. The molecule has 0 fully saturated rings. The lowest BCUT2D eigenvalue weighted by Gasteiger charge is -2.27. The van der Waals surface area contributed by atoms with E-state index in [1.54, 1.807) is 38.3 Å². The molecule has 11 heteroatoms. The maximum atomic E-state index is 14.0. The topological polar surface area (TPSA) is 113 Å². The number of carbonyl (C=O) groups excluding carboxylic acids is 1. The van der Waals surface area contributed by atoms with Crippen molar-refractivity contribution in [3.8, 4) is 28.7 Å². The number of carbonyl (C=O) groups is 1. The van der Waals surface area contributed by atoms with Gasteiger partial charge < -0.3 is 29.0 Å². The normalized spacial score (nSPS) is 11.7. The fourth-order valence-electron chi connectivity index (χ4n) is 3.79. The van der Waals surface area contributed by atoms with Crippen LogP contribution in [-0.2, 0) is 14.8 Å². The number of benzene rings is 3. The van der Waals surface area contributed by atoms with Gasteiger partial charge in [0.05, 0.1) is 52.2 Å². The van der Waals surface area contributed by atoms with Crippen molar-refractivity contribution in [2.75, 3.05) is 46.4 Å². The van der Waals surface area contributed by atoms with Gasteiger partial charge in [-0.1, -0.05) is 12.1 Å². The molecule has 0 bridgehead atoms. The first-order chi connectivity index (χ1) is 18.2. The van der Waals surface area contributed by atoms with Crippen LogP contribution in [0.1, 0.15) is 18.5 Å². The zero-order valence-corrected chi connectivity index (χ0v) is 23.0. The van der Waals surface area contributed by atoms with Gasteiger partial charge in [-0.15, -0.1) is 0 Å². The summed E-state index contributed by atoms with van der Waals surface area (Å²) in [7, 11) is 3.02. The second-order valence-corrected chi connectivity index (χ2v) is 9.99. The third-order valence-electron chi connectivity index (χ3n) is 5.88. The molecule has 0 unspecified atom stereocenters. The Morgan fingerprint density at radius 2 is 1.34 bits per heavy atom. The van der Waals surface area contributed by atoms with Crippen molar-refractivity contribution in [1.82, 2.24) is 5.32 Å². The van der Waals surface area contributed by atoms with Gasteiger partial charge in [-0.05, 0) is 48.9 Å². The number of hydrogen-bond donors (Lipinski definition) is 1. The standard InChI is InChI=1S/C27H32N2O8S/c1-18(19-7-9-20(33-2)10-8-19)28-27(30)17-29(23-15-21(34-3)11-13-24(23)35-4)38(31,32)22-12-14-25(36-5)26(16-22)37-6/h7-16,18H,17H2,1-6H3,(H,28,30)/t18-/m1/s1. The number of anilines is 1. The van der Waals surface area contributed by atoms with Crippen LogP contribution in [0.5, 0.6) is 28.7 Å². The minimum atomic E-state index is -4.29. The molecule has 0 saturated carbocycles. The molecule has 10 nitrogen and oxygen atoms in total. The van der Waals surface area contributed by atoms with E-state index in [0.29, 0.717) is 17.2 Å². The summed E-state index contributed by atoms with van der Waals surface area (Å²) >= 11 is 0. The molecular formula is C27H32N2O8S. The molecule has 0 spiro atoms. The molecule has 204 valence electrons. The van der Waals surface area contributed by atoms with E-state index in [1.165, 1.54) is 52.7 Å². The summed E-state index contributed by atoms with van der Waals surface area (Å²) in [5.74, 6) is 1.38. The Hall–Kier alpha value is -4.12. The number of methoxy groups -OCH3 is 5. The molecule has 3 rings (SSSR count). The number of sulfonamides is 1. The van der Waals surface area contributed by atoms with Gasteiger partial charge in [0.2, 0.25) is 5.91 Å². The van der Waals surface area contributed by atoms with Gasteiger partial charge in [-0.2, -0.15) is 0 Å². The summed E-state index contributed by atoms with van der Waals surface area (Å²) in [6.45, 7) is 1.28. The van der Waals surface area contributed by atoms with Gasteiger partial charge in [0, 0.05) is 12.1 Å². The van der Waals surface area contributed by atoms with Gasteiger partial charge in [-0.3, -0.25) is 9.10 Å². The molecule has 0 aliphatic heterocycles. The molecule has 1 atom stereocenters. The van der Waals surface area contributed by atoms with Crippen LogP contribution in [0, 0.1) is 0 Å². The van der Waals surface area contributed by atoms with Crippen molar-refractivity contribution in [2.45, 2.75) is 17.9 Å². The lowest BCUT2D eigenvalue weighted by Crippen LogP contribution is -2.41. The van der Waals surface area contributed by atoms with Gasteiger partial charge >= 0.3 is 0 Å². The van der Waals surface area contributed by atoms with Crippen LogP contribution in [0.2, 0.25) is 0 Å². The summed E-state index contributed by atoms with van der Waals surface area (Å²) in [4.78, 5) is 13.1. The van der Waals surface area contributed by atoms with E-state index in [2.05, 4.69) is 5.32 Å². The van der Waals surface area contributed by atoms with Crippen LogP contribution >= 0.6 is 0 Å². The summed E-state index contributed by atoms with van der Waals surface area (Å²) in [6, 6.07) is 15.7. The highest BCUT2D eigenvalue weighted by Crippen LogP contribution is 2.37. The molecule has 0 aliphatic rings. The third-order valence-corrected chi connectivity index (χ3v) is 7.63. The molecule has 0 radical (unpaired) electrons. The molecule has 1 amide bonds. The second kappa shape index (κ2) is 12.4. The third kappa shape index (κ3) is 6.23. The Morgan fingerprint density at radius 3 is 1.92 bits per heavy atom. The molecule has 0 aliphatic carbocycles. The van der Waals surface area contributed by atoms with E-state index in [1.807, 2.05) is 12.1 Å². The Kier molecular flexibility index (Phi) is 9.30. The number of hydrogen-bond acceptors (Lipinski definition) is 8. The first-order valence-corrected chi connectivity index (χ1v) is 13.0. The number of ether oxygens (including phenoxy) is 5. The van der Waals surface area contributed by atoms with Crippen molar-refractivity contribution in [3.63, 3.8) is 0 Å². The number of nitrogens with zero attached hydrogens (tertiary/aromatic N) is 1. The maximum absolute atomic E-state index is 14.0.